The molecular formula is C12H31NO2Si3. The molecule has 6 heteroatoms. The highest BCUT2D eigenvalue weighted by molar-refractivity contribution is 6.89. The molecule has 0 aromatic heterocycles. The second-order valence-corrected chi connectivity index (χ2v) is 22.4. The van der Waals surface area contributed by atoms with Crippen molar-refractivity contribution in [1.29, 1.82) is 0 Å². The van der Waals surface area contributed by atoms with Crippen LogP contribution in [0.2, 0.25) is 58.9 Å². The first-order valence-corrected chi connectivity index (χ1v) is 17.0. The van der Waals surface area contributed by atoms with Crippen LogP contribution in [-0.4, -0.2) is 41.0 Å². The van der Waals surface area contributed by atoms with Crippen LogP contribution in [0.1, 0.15) is 6.92 Å². The van der Waals surface area contributed by atoms with Crippen LogP contribution < -0.4 is 0 Å². The highest BCUT2D eigenvalue weighted by atomic mass is 28.4. The number of carbonyl (C=O) groups excluding carboxylic acids is 1. The molecule has 3 nitrogen and oxygen atoms in total. The number of rotatable bonds is 5. The molecule has 0 aliphatic carbocycles. The van der Waals surface area contributed by atoms with Crippen LogP contribution in [-0.2, 0) is 9.22 Å². The van der Waals surface area contributed by atoms with Crippen LogP contribution in [0.5, 0.6) is 0 Å². The van der Waals surface area contributed by atoms with Crippen molar-refractivity contribution in [2.24, 2.45) is 0 Å². The summed E-state index contributed by atoms with van der Waals surface area (Å²) in [5.74, 6) is -0.0287. The molecule has 0 spiro atoms. The molecule has 108 valence electrons. The van der Waals surface area contributed by atoms with Crippen LogP contribution in [0.15, 0.2) is 0 Å². The van der Waals surface area contributed by atoms with E-state index in [9.17, 15) is 4.79 Å². The van der Waals surface area contributed by atoms with E-state index < -0.39 is 24.8 Å². The van der Waals surface area contributed by atoms with Crippen molar-refractivity contribution in [2.75, 3.05) is 0 Å². The summed E-state index contributed by atoms with van der Waals surface area (Å²) in [5, 5.41) is 0. The van der Waals surface area contributed by atoms with Crippen molar-refractivity contribution in [3.8, 4) is 0 Å². The van der Waals surface area contributed by atoms with E-state index in [-0.39, 0.29) is 12.0 Å². The molecule has 0 N–H and O–H groups in total. The Morgan fingerprint density at radius 3 is 1.44 bits per heavy atom. The lowest BCUT2D eigenvalue weighted by atomic mass is 10.4. The van der Waals surface area contributed by atoms with E-state index in [1.807, 2.05) is 6.92 Å². The number of hydrogen-bond acceptors (Lipinski definition) is 3. The average molecular weight is 306 g/mol. The third kappa shape index (κ3) is 5.81. The van der Waals surface area contributed by atoms with Gasteiger partial charge in [0.25, 0.3) is 0 Å². The molecule has 1 atom stereocenters. The largest absolute Gasteiger partial charge is 0.519 e. The van der Waals surface area contributed by atoms with E-state index in [0.717, 1.165) is 0 Å². The summed E-state index contributed by atoms with van der Waals surface area (Å²) in [6.45, 7) is 22.0. The molecule has 0 aromatic rings. The molecular weight excluding hydrogens is 274 g/mol. The van der Waals surface area contributed by atoms with Gasteiger partial charge < -0.3 is 8.66 Å². The molecule has 18 heavy (non-hydrogen) atoms. The molecule has 1 unspecified atom stereocenters. The molecule has 0 aliphatic heterocycles. The van der Waals surface area contributed by atoms with Crippen LogP contribution >= 0.6 is 0 Å². The van der Waals surface area contributed by atoms with E-state index in [1.54, 1.807) is 0 Å². The van der Waals surface area contributed by atoms with Crippen LogP contribution in [0.25, 0.3) is 0 Å². The third-order valence-electron chi connectivity index (χ3n) is 2.58. The van der Waals surface area contributed by atoms with E-state index in [2.05, 4.69) is 63.2 Å². The van der Waals surface area contributed by atoms with Gasteiger partial charge in [-0.1, -0.05) is 39.3 Å². The SMILES string of the molecule is CC(C(=O)O[Si](C)(C)C)N([Si](C)(C)C)[Si](C)(C)C. The summed E-state index contributed by atoms with van der Waals surface area (Å²) in [5.41, 5.74) is 0. The summed E-state index contributed by atoms with van der Waals surface area (Å²) < 4.78 is 8.18. The van der Waals surface area contributed by atoms with Crippen molar-refractivity contribution in [3.05, 3.63) is 0 Å². The Labute approximate surface area is 116 Å². The fourth-order valence-electron chi connectivity index (χ4n) is 2.66. The maximum absolute atomic E-state index is 12.3. The maximum atomic E-state index is 12.3. The first-order valence-electron chi connectivity index (χ1n) is 6.68. The zero-order chi connectivity index (χ0) is 14.9. The van der Waals surface area contributed by atoms with Gasteiger partial charge in [0.05, 0.1) is 6.04 Å². The standard InChI is InChI=1S/C12H31NO2Si3/c1-11(12(14)15-18(8,9)10)13(16(2,3)4)17(5,6)7/h11H,1-10H3. The van der Waals surface area contributed by atoms with Gasteiger partial charge in [0.15, 0.2) is 0 Å². The van der Waals surface area contributed by atoms with Crippen LogP contribution in [0.3, 0.4) is 0 Å². The minimum Gasteiger partial charge on any atom is -0.519 e. The molecule has 0 rings (SSSR count). The number of carbonyl (C=O) groups is 1. The second kappa shape index (κ2) is 5.60. The molecule has 0 amide bonds. The number of nitrogens with zero attached hydrogens (tertiary/aromatic N) is 1. The predicted molar refractivity (Wildman–Crippen MR) is 87.4 cm³/mol. The van der Waals surface area contributed by atoms with Crippen molar-refractivity contribution < 1.29 is 9.22 Å². The first-order chi connectivity index (χ1) is 7.66. The smallest absolute Gasteiger partial charge is 0.308 e. The van der Waals surface area contributed by atoms with Crippen molar-refractivity contribution >= 4 is 30.8 Å². The van der Waals surface area contributed by atoms with Crippen LogP contribution in [0, 0.1) is 0 Å². The van der Waals surface area contributed by atoms with E-state index in [4.69, 9.17) is 4.43 Å². The maximum Gasteiger partial charge on any atom is 0.308 e. The molecule has 0 bridgehead atoms. The Balaban J connectivity index is 5.12. The molecule has 0 radical (unpaired) electrons. The van der Waals surface area contributed by atoms with Gasteiger partial charge in [-0.25, -0.2) is 0 Å². The molecule has 0 aromatic carbocycles. The highest BCUT2D eigenvalue weighted by Gasteiger charge is 2.41. The Kier molecular flexibility index (Phi) is 5.63. The Morgan fingerprint density at radius 1 is 0.889 bits per heavy atom. The van der Waals surface area contributed by atoms with Gasteiger partial charge in [0.1, 0.15) is 16.5 Å². The fourth-order valence-corrected chi connectivity index (χ4v) is 14.0. The van der Waals surface area contributed by atoms with E-state index in [1.165, 1.54) is 0 Å². The van der Waals surface area contributed by atoms with E-state index in [0.29, 0.717) is 0 Å². The lowest BCUT2D eigenvalue weighted by molar-refractivity contribution is -0.138. The van der Waals surface area contributed by atoms with Crippen molar-refractivity contribution in [3.63, 3.8) is 0 Å². The predicted octanol–water partition coefficient (Wildman–Crippen LogP) is 3.72. The minimum atomic E-state index is -1.79. The molecule has 0 heterocycles. The van der Waals surface area contributed by atoms with Gasteiger partial charge in [-0.2, -0.15) is 0 Å². The Hall–Kier alpha value is 0.0806. The summed E-state index contributed by atoms with van der Waals surface area (Å²) in [6, 6.07) is -0.102. The molecule has 0 fully saturated rings. The Morgan fingerprint density at radius 2 is 1.22 bits per heavy atom. The number of hydrogen-bond donors (Lipinski definition) is 0. The fraction of sp³-hybridized carbons (Fsp3) is 0.917. The van der Waals surface area contributed by atoms with Gasteiger partial charge in [-0.05, 0) is 26.6 Å². The summed E-state index contributed by atoms with van der Waals surface area (Å²) in [7, 11) is -4.82. The monoisotopic (exact) mass is 305 g/mol. The average Bonchev–Trinajstić information content (AvgIpc) is 1.93. The van der Waals surface area contributed by atoms with Crippen molar-refractivity contribution in [1.82, 2.24) is 4.23 Å². The summed E-state index contributed by atoms with van der Waals surface area (Å²) >= 11 is 0. The van der Waals surface area contributed by atoms with Gasteiger partial charge in [-0.3, -0.25) is 4.79 Å². The van der Waals surface area contributed by atoms with Gasteiger partial charge in [0.2, 0.25) is 8.32 Å². The normalized spacial score (nSPS) is 15.7. The van der Waals surface area contributed by atoms with Crippen LogP contribution in [0.4, 0.5) is 0 Å². The lowest BCUT2D eigenvalue weighted by Crippen LogP contribution is -2.65. The van der Waals surface area contributed by atoms with Crippen molar-refractivity contribution in [2.45, 2.75) is 71.9 Å². The Bertz CT molecular complexity index is 286. The zero-order valence-electron chi connectivity index (χ0n) is 13.8. The zero-order valence-corrected chi connectivity index (χ0v) is 16.8. The summed E-state index contributed by atoms with van der Waals surface area (Å²) in [6.07, 6.45) is 0. The van der Waals surface area contributed by atoms with E-state index >= 15 is 0 Å². The van der Waals surface area contributed by atoms with Gasteiger partial charge in [0, 0.05) is 0 Å². The molecule has 0 saturated carbocycles. The highest BCUT2D eigenvalue weighted by Crippen LogP contribution is 2.24. The quantitative estimate of drug-likeness (QED) is 0.725. The topological polar surface area (TPSA) is 29.5 Å². The lowest BCUT2D eigenvalue weighted by Gasteiger charge is -2.46. The first kappa shape index (κ1) is 18.1. The second-order valence-electron chi connectivity index (χ2n) is 7.92. The van der Waals surface area contributed by atoms with Gasteiger partial charge >= 0.3 is 5.97 Å². The molecule has 0 saturated heterocycles. The minimum absolute atomic E-state index is 0.0287. The third-order valence-corrected chi connectivity index (χ3v) is 11.1. The molecule has 0 aliphatic rings. The van der Waals surface area contributed by atoms with Gasteiger partial charge in [-0.15, -0.1) is 0 Å². The summed E-state index contributed by atoms with van der Waals surface area (Å²) in [4.78, 5) is 12.3.